The van der Waals surface area contributed by atoms with E-state index in [0.717, 1.165) is 0 Å². The molecule has 0 saturated carbocycles. The van der Waals surface area contributed by atoms with Gasteiger partial charge in [0, 0.05) is 19.2 Å². The van der Waals surface area contributed by atoms with E-state index < -0.39 is 23.9 Å². The van der Waals surface area contributed by atoms with Gasteiger partial charge in [0.1, 0.15) is 11.9 Å². The fourth-order valence-corrected chi connectivity index (χ4v) is 1.68. The number of nitrogens with one attached hydrogen (secondary N) is 2. The molecule has 0 radical (unpaired) electrons. The summed E-state index contributed by atoms with van der Waals surface area (Å²) in [6, 6.07) is 3.34. The van der Waals surface area contributed by atoms with Crippen LogP contribution in [-0.2, 0) is 16.1 Å². The largest absolute Gasteiger partial charge is 0.465 e. The smallest absolute Gasteiger partial charge is 0.405 e. The molecule has 1 unspecified atom stereocenters. The van der Waals surface area contributed by atoms with Gasteiger partial charge >= 0.3 is 6.09 Å². The van der Waals surface area contributed by atoms with E-state index in [2.05, 4.69) is 5.32 Å². The van der Waals surface area contributed by atoms with E-state index in [1.165, 1.54) is 19.2 Å². The minimum atomic E-state index is -1.35. The van der Waals surface area contributed by atoms with Crippen LogP contribution in [0.4, 0.5) is 9.18 Å². The fourth-order valence-electron chi connectivity index (χ4n) is 1.49. The molecule has 0 bridgehead atoms. The van der Waals surface area contributed by atoms with Gasteiger partial charge in [-0.25, -0.2) is 9.18 Å². The summed E-state index contributed by atoms with van der Waals surface area (Å²) >= 11 is 5.61. The average molecular weight is 305 g/mol. The molecule has 1 atom stereocenters. The molecule has 0 saturated heterocycles. The highest BCUT2D eigenvalue weighted by atomic mass is 35.5. The standard InChI is InChI=1S/C12H14ClFN2O4/c1-20-6-9(16-12(18)19)11(17)15-5-7-3-2-4-8(13)10(7)14/h2-4,9,16H,5-6H2,1H3,(H,15,17)(H,18,19). The zero-order valence-electron chi connectivity index (χ0n) is 10.7. The molecule has 0 aliphatic rings. The van der Waals surface area contributed by atoms with E-state index in [9.17, 15) is 14.0 Å². The normalized spacial score (nSPS) is 11.8. The molecule has 0 aromatic heterocycles. The molecule has 0 heterocycles. The molecule has 20 heavy (non-hydrogen) atoms. The maximum atomic E-state index is 13.6. The number of hydrogen-bond donors (Lipinski definition) is 3. The predicted molar refractivity (Wildman–Crippen MR) is 70.1 cm³/mol. The lowest BCUT2D eigenvalue weighted by Crippen LogP contribution is -2.48. The number of ether oxygens (including phenoxy) is 1. The molecule has 0 spiro atoms. The van der Waals surface area contributed by atoms with Crippen molar-refractivity contribution >= 4 is 23.6 Å². The number of methoxy groups -OCH3 is 1. The monoisotopic (exact) mass is 304 g/mol. The van der Waals surface area contributed by atoms with Crippen molar-refractivity contribution in [3.63, 3.8) is 0 Å². The minimum absolute atomic E-state index is 0.0474. The lowest BCUT2D eigenvalue weighted by atomic mass is 10.2. The Morgan fingerprint density at radius 2 is 2.20 bits per heavy atom. The van der Waals surface area contributed by atoms with Gasteiger partial charge in [0.15, 0.2) is 0 Å². The van der Waals surface area contributed by atoms with Gasteiger partial charge in [-0.05, 0) is 6.07 Å². The number of carbonyl (C=O) groups is 2. The first-order chi connectivity index (χ1) is 9.45. The van der Waals surface area contributed by atoms with Crippen molar-refractivity contribution in [3.05, 3.63) is 34.6 Å². The number of hydrogen-bond acceptors (Lipinski definition) is 3. The van der Waals surface area contributed by atoms with E-state index in [1.807, 2.05) is 5.32 Å². The van der Waals surface area contributed by atoms with Crippen LogP contribution < -0.4 is 10.6 Å². The Balaban J connectivity index is 2.64. The van der Waals surface area contributed by atoms with Gasteiger partial charge in [-0.1, -0.05) is 23.7 Å². The summed E-state index contributed by atoms with van der Waals surface area (Å²) in [7, 11) is 1.33. The van der Waals surface area contributed by atoms with Crippen LogP contribution in [0.5, 0.6) is 0 Å². The predicted octanol–water partition coefficient (Wildman–Crippen LogP) is 1.38. The topological polar surface area (TPSA) is 87.7 Å². The van der Waals surface area contributed by atoms with Crippen molar-refractivity contribution in [2.75, 3.05) is 13.7 Å². The van der Waals surface area contributed by atoms with E-state index in [4.69, 9.17) is 21.4 Å². The van der Waals surface area contributed by atoms with Crippen LogP contribution in [0.3, 0.4) is 0 Å². The van der Waals surface area contributed by atoms with Crippen molar-refractivity contribution in [1.29, 1.82) is 0 Å². The quantitative estimate of drug-likeness (QED) is 0.741. The highest BCUT2D eigenvalue weighted by Crippen LogP contribution is 2.17. The molecule has 1 aromatic rings. The van der Waals surface area contributed by atoms with Crippen molar-refractivity contribution in [3.8, 4) is 0 Å². The Morgan fingerprint density at radius 1 is 1.50 bits per heavy atom. The summed E-state index contributed by atoms with van der Waals surface area (Å²) in [5, 5.41) is 13.0. The molecule has 2 amide bonds. The van der Waals surface area contributed by atoms with Crippen LogP contribution in [0.1, 0.15) is 5.56 Å². The summed E-state index contributed by atoms with van der Waals surface area (Å²) in [4.78, 5) is 22.3. The first-order valence-corrected chi connectivity index (χ1v) is 6.02. The van der Waals surface area contributed by atoms with Gasteiger partial charge in [0.2, 0.25) is 5.91 Å². The summed E-state index contributed by atoms with van der Waals surface area (Å²) < 4.78 is 18.3. The lowest BCUT2D eigenvalue weighted by molar-refractivity contribution is -0.124. The number of halogens is 2. The van der Waals surface area contributed by atoms with E-state index in [-0.39, 0.29) is 23.7 Å². The molecule has 0 aliphatic heterocycles. The van der Waals surface area contributed by atoms with Crippen molar-refractivity contribution < 1.29 is 23.8 Å². The minimum Gasteiger partial charge on any atom is -0.465 e. The summed E-state index contributed by atoms with van der Waals surface area (Å²) in [5.74, 6) is -1.24. The molecule has 6 nitrogen and oxygen atoms in total. The fraction of sp³-hybridized carbons (Fsp3) is 0.333. The van der Waals surface area contributed by atoms with Crippen LogP contribution in [0.2, 0.25) is 5.02 Å². The third kappa shape index (κ3) is 4.67. The maximum absolute atomic E-state index is 13.6. The summed E-state index contributed by atoms with van der Waals surface area (Å²) in [6.45, 7) is -0.233. The zero-order valence-corrected chi connectivity index (χ0v) is 11.4. The SMILES string of the molecule is COCC(NC(=O)O)C(=O)NCc1cccc(Cl)c1F. The zero-order chi connectivity index (χ0) is 15.1. The second kappa shape index (κ2) is 7.66. The van der Waals surface area contributed by atoms with E-state index in [0.29, 0.717) is 0 Å². The molecule has 1 rings (SSSR count). The van der Waals surface area contributed by atoms with Gasteiger partial charge < -0.3 is 20.5 Å². The number of amides is 2. The molecule has 0 aliphatic carbocycles. The van der Waals surface area contributed by atoms with Gasteiger partial charge in [-0.15, -0.1) is 0 Å². The molecular weight excluding hydrogens is 291 g/mol. The van der Waals surface area contributed by atoms with Crippen molar-refractivity contribution in [2.45, 2.75) is 12.6 Å². The Kier molecular flexibility index (Phi) is 6.20. The van der Waals surface area contributed by atoms with Crippen LogP contribution in [0, 0.1) is 5.82 Å². The second-order valence-electron chi connectivity index (χ2n) is 3.89. The second-order valence-corrected chi connectivity index (χ2v) is 4.30. The molecular formula is C12H14ClFN2O4. The highest BCUT2D eigenvalue weighted by molar-refractivity contribution is 6.30. The number of benzene rings is 1. The molecule has 3 N–H and O–H groups in total. The van der Waals surface area contributed by atoms with Gasteiger partial charge in [-0.3, -0.25) is 4.79 Å². The summed E-state index contributed by atoms with van der Waals surface area (Å²) in [6.07, 6.45) is -1.35. The molecule has 110 valence electrons. The first kappa shape index (κ1) is 16.2. The Morgan fingerprint density at radius 3 is 2.80 bits per heavy atom. The highest BCUT2D eigenvalue weighted by Gasteiger charge is 2.20. The van der Waals surface area contributed by atoms with Crippen molar-refractivity contribution in [2.24, 2.45) is 0 Å². The Labute approximate surface area is 119 Å². The molecule has 0 fully saturated rings. The van der Waals surface area contributed by atoms with Gasteiger partial charge in [0.25, 0.3) is 0 Å². The number of rotatable bonds is 6. The average Bonchev–Trinajstić information content (AvgIpc) is 2.39. The van der Waals surface area contributed by atoms with E-state index >= 15 is 0 Å². The molecule has 8 heteroatoms. The van der Waals surface area contributed by atoms with E-state index in [1.54, 1.807) is 6.07 Å². The molecule has 1 aromatic carbocycles. The first-order valence-electron chi connectivity index (χ1n) is 5.64. The number of carboxylic acid groups (broad SMARTS) is 1. The third-order valence-corrected chi connectivity index (χ3v) is 2.72. The maximum Gasteiger partial charge on any atom is 0.405 e. The van der Waals surface area contributed by atoms with Crippen LogP contribution >= 0.6 is 11.6 Å². The lowest BCUT2D eigenvalue weighted by Gasteiger charge is -2.16. The number of carbonyl (C=O) groups excluding carboxylic acids is 1. The Hall–Kier alpha value is -1.86. The van der Waals surface area contributed by atoms with Crippen molar-refractivity contribution in [1.82, 2.24) is 10.6 Å². The van der Waals surface area contributed by atoms with Crippen LogP contribution in [-0.4, -0.2) is 36.9 Å². The third-order valence-electron chi connectivity index (χ3n) is 2.43. The summed E-state index contributed by atoms with van der Waals surface area (Å²) in [5.41, 5.74) is 0.206. The van der Waals surface area contributed by atoms with Gasteiger partial charge in [0.05, 0.1) is 11.6 Å². The van der Waals surface area contributed by atoms with Gasteiger partial charge in [-0.2, -0.15) is 0 Å². The van der Waals surface area contributed by atoms with Crippen LogP contribution in [0.15, 0.2) is 18.2 Å². The Bertz CT molecular complexity index is 498. The van der Waals surface area contributed by atoms with Crippen LogP contribution in [0.25, 0.3) is 0 Å².